The number of sulfonamides is 1. The second-order valence-electron chi connectivity index (χ2n) is 6.22. The molecule has 1 atom stereocenters. The molecule has 2 N–H and O–H groups in total. The molecular formula is C15H24N4O5S. The average Bonchev–Trinajstić information content (AvgIpc) is 2.92. The van der Waals surface area contributed by atoms with Crippen LogP contribution in [0.15, 0.2) is 11.2 Å². The van der Waals surface area contributed by atoms with Crippen LogP contribution in [-0.4, -0.2) is 58.4 Å². The van der Waals surface area contributed by atoms with Crippen molar-refractivity contribution in [1.82, 2.24) is 19.2 Å². The first kappa shape index (κ1) is 19.4. The van der Waals surface area contributed by atoms with E-state index in [1.54, 1.807) is 25.5 Å². The van der Waals surface area contributed by atoms with Crippen LogP contribution in [0.5, 0.6) is 0 Å². The zero-order chi connectivity index (χ0) is 18.8. The van der Waals surface area contributed by atoms with Gasteiger partial charge in [-0.3, -0.25) is 4.79 Å². The van der Waals surface area contributed by atoms with Crippen molar-refractivity contribution < 1.29 is 23.1 Å². The second kappa shape index (κ2) is 7.52. The van der Waals surface area contributed by atoms with E-state index in [4.69, 9.17) is 5.11 Å². The van der Waals surface area contributed by atoms with Crippen LogP contribution >= 0.6 is 0 Å². The molecule has 1 saturated heterocycles. The Morgan fingerprint density at radius 1 is 1.40 bits per heavy atom. The lowest BCUT2D eigenvalue weighted by molar-refractivity contribution is -0.142. The number of piperidine rings is 1. The molecule has 1 fully saturated rings. The van der Waals surface area contributed by atoms with E-state index in [0.717, 1.165) is 0 Å². The molecule has 0 aromatic carbocycles. The molecule has 25 heavy (non-hydrogen) atoms. The molecule has 2 rings (SSSR count). The fraction of sp³-hybridized carbons (Fsp3) is 0.667. The van der Waals surface area contributed by atoms with Gasteiger partial charge in [0, 0.05) is 32.3 Å². The summed E-state index contributed by atoms with van der Waals surface area (Å²) in [5, 5.41) is 11.5. The minimum absolute atomic E-state index is 0.00678. The molecule has 2 heterocycles. The van der Waals surface area contributed by atoms with E-state index in [1.807, 2.05) is 0 Å². The predicted molar refractivity (Wildman–Crippen MR) is 89.3 cm³/mol. The van der Waals surface area contributed by atoms with E-state index in [9.17, 15) is 18.0 Å². The number of hydrogen-bond acceptors (Lipinski definition) is 5. The highest BCUT2D eigenvalue weighted by Crippen LogP contribution is 2.23. The smallest absolute Gasteiger partial charge is 0.326 e. The predicted octanol–water partition coefficient (Wildman–Crippen LogP) is 0.109. The first-order chi connectivity index (χ1) is 11.7. The Hall–Kier alpha value is -1.94. The maximum Gasteiger partial charge on any atom is 0.326 e. The van der Waals surface area contributed by atoms with Gasteiger partial charge in [0.2, 0.25) is 5.91 Å². The molecule has 0 radical (unpaired) electrons. The topological polar surface area (TPSA) is 122 Å². The molecule has 1 aliphatic heterocycles. The zero-order valence-corrected chi connectivity index (χ0v) is 15.4. The highest BCUT2D eigenvalue weighted by molar-refractivity contribution is 7.89. The number of aliphatic carboxylic acids is 1. The summed E-state index contributed by atoms with van der Waals surface area (Å²) in [6.07, 6.45) is 2.48. The van der Waals surface area contributed by atoms with Crippen LogP contribution < -0.4 is 5.32 Å². The Labute approximate surface area is 147 Å². The number of carboxylic acids is 1. The lowest BCUT2D eigenvalue weighted by atomic mass is 9.97. The number of nitrogens with zero attached hydrogens (tertiary/aromatic N) is 3. The van der Waals surface area contributed by atoms with Gasteiger partial charge in [-0.25, -0.2) is 18.2 Å². The molecule has 1 aliphatic rings. The number of carbonyl (C=O) groups excluding carboxylic acids is 1. The van der Waals surface area contributed by atoms with E-state index < -0.39 is 22.0 Å². The number of hydrogen-bond donors (Lipinski definition) is 2. The Kier molecular flexibility index (Phi) is 5.83. The van der Waals surface area contributed by atoms with Crippen molar-refractivity contribution in [3.8, 4) is 0 Å². The molecule has 0 saturated carbocycles. The van der Waals surface area contributed by atoms with Crippen LogP contribution in [0.2, 0.25) is 0 Å². The monoisotopic (exact) mass is 372 g/mol. The van der Waals surface area contributed by atoms with Gasteiger partial charge in [0.25, 0.3) is 10.0 Å². The molecule has 140 valence electrons. The Balaban J connectivity index is 1.99. The van der Waals surface area contributed by atoms with Gasteiger partial charge in [-0.2, -0.15) is 4.31 Å². The van der Waals surface area contributed by atoms with Crippen LogP contribution in [0.3, 0.4) is 0 Å². The summed E-state index contributed by atoms with van der Waals surface area (Å²) in [6, 6.07) is -0.911. The van der Waals surface area contributed by atoms with E-state index in [-0.39, 0.29) is 29.9 Å². The fourth-order valence-electron chi connectivity index (χ4n) is 2.77. The molecule has 0 bridgehead atoms. The maximum absolute atomic E-state index is 12.6. The van der Waals surface area contributed by atoms with Crippen LogP contribution in [0.1, 0.15) is 32.0 Å². The van der Waals surface area contributed by atoms with Crippen molar-refractivity contribution >= 4 is 21.9 Å². The van der Waals surface area contributed by atoms with Gasteiger partial charge in [0.1, 0.15) is 11.9 Å². The van der Waals surface area contributed by atoms with Gasteiger partial charge in [-0.1, -0.05) is 6.92 Å². The van der Waals surface area contributed by atoms with Gasteiger partial charge in [0.05, 0.1) is 0 Å². The molecular weight excluding hydrogens is 348 g/mol. The van der Waals surface area contributed by atoms with Gasteiger partial charge in [-0.15, -0.1) is 0 Å². The summed E-state index contributed by atoms with van der Waals surface area (Å²) in [6.45, 7) is 3.82. The number of aromatic nitrogens is 2. The van der Waals surface area contributed by atoms with Crippen LogP contribution in [-0.2, 0) is 26.7 Å². The van der Waals surface area contributed by atoms with Crippen molar-refractivity contribution in [3.63, 3.8) is 0 Å². The zero-order valence-electron chi connectivity index (χ0n) is 14.6. The van der Waals surface area contributed by atoms with Gasteiger partial charge in [-0.05, 0) is 26.2 Å². The minimum Gasteiger partial charge on any atom is -0.480 e. The minimum atomic E-state index is -3.68. The average molecular weight is 372 g/mol. The first-order valence-electron chi connectivity index (χ1n) is 8.20. The summed E-state index contributed by atoms with van der Waals surface area (Å²) in [4.78, 5) is 27.3. The molecule has 9 nitrogen and oxygen atoms in total. The Morgan fingerprint density at radius 2 is 2.00 bits per heavy atom. The summed E-state index contributed by atoms with van der Waals surface area (Å²) < 4.78 is 28.2. The lowest BCUT2D eigenvalue weighted by Gasteiger charge is -2.30. The summed E-state index contributed by atoms with van der Waals surface area (Å²) >= 11 is 0. The summed E-state index contributed by atoms with van der Waals surface area (Å²) in [7, 11) is -1.95. The SMILES string of the molecule is CCC(NC(=O)C1CCN(S(=O)(=O)c2cn(C)c(C)n2)CC1)C(=O)O. The first-order valence-corrected chi connectivity index (χ1v) is 9.64. The van der Waals surface area contributed by atoms with E-state index in [2.05, 4.69) is 10.3 Å². The highest BCUT2D eigenvalue weighted by Gasteiger charge is 2.34. The molecule has 10 heteroatoms. The normalized spacial score (nSPS) is 18.0. The third kappa shape index (κ3) is 4.18. The third-order valence-electron chi connectivity index (χ3n) is 4.54. The van der Waals surface area contributed by atoms with E-state index in [1.165, 1.54) is 10.5 Å². The van der Waals surface area contributed by atoms with Gasteiger partial charge >= 0.3 is 5.97 Å². The Morgan fingerprint density at radius 3 is 2.44 bits per heavy atom. The van der Waals surface area contributed by atoms with Gasteiger partial charge in [0.15, 0.2) is 5.03 Å². The number of imidazole rings is 1. The van der Waals surface area contributed by atoms with Crippen molar-refractivity contribution in [2.75, 3.05) is 13.1 Å². The number of carbonyl (C=O) groups is 2. The standard InChI is InChI=1S/C15H24N4O5S/c1-4-12(15(21)22)17-14(20)11-5-7-19(8-6-11)25(23,24)13-9-18(3)10(2)16-13/h9,11-12H,4-8H2,1-3H3,(H,17,20)(H,21,22). The molecule has 0 aliphatic carbocycles. The lowest BCUT2D eigenvalue weighted by Crippen LogP contribution is -2.47. The van der Waals surface area contributed by atoms with Crippen molar-refractivity contribution in [2.24, 2.45) is 13.0 Å². The quantitative estimate of drug-likeness (QED) is 0.731. The number of amides is 1. The number of nitrogens with one attached hydrogen (secondary N) is 1. The fourth-order valence-corrected chi connectivity index (χ4v) is 4.26. The van der Waals surface area contributed by atoms with Crippen molar-refractivity contribution in [1.29, 1.82) is 0 Å². The van der Waals surface area contributed by atoms with Crippen LogP contribution in [0, 0.1) is 12.8 Å². The van der Waals surface area contributed by atoms with Crippen LogP contribution in [0.4, 0.5) is 0 Å². The summed E-state index contributed by atoms with van der Waals surface area (Å²) in [5.74, 6) is -1.18. The molecule has 1 amide bonds. The van der Waals surface area contributed by atoms with Crippen molar-refractivity contribution in [2.45, 2.75) is 44.2 Å². The third-order valence-corrected chi connectivity index (χ3v) is 6.31. The second-order valence-corrected chi connectivity index (χ2v) is 8.11. The summed E-state index contributed by atoms with van der Waals surface area (Å²) in [5.41, 5.74) is 0. The van der Waals surface area contributed by atoms with Crippen LogP contribution in [0.25, 0.3) is 0 Å². The molecule has 1 aromatic rings. The maximum atomic E-state index is 12.6. The molecule has 0 spiro atoms. The highest BCUT2D eigenvalue weighted by atomic mass is 32.2. The largest absolute Gasteiger partial charge is 0.480 e. The van der Waals surface area contributed by atoms with E-state index in [0.29, 0.717) is 25.1 Å². The number of rotatable bonds is 6. The molecule has 1 unspecified atom stereocenters. The number of aryl methyl sites for hydroxylation is 2. The van der Waals surface area contributed by atoms with E-state index >= 15 is 0 Å². The van der Waals surface area contributed by atoms with Crippen molar-refractivity contribution in [3.05, 3.63) is 12.0 Å². The Bertz CT molecular complexity index is 730. The van der Waals surface area contributed by atoms with Gasteiger partial charge < -0.3 is 15.0 Å². The molecule has 1 aromatic heterocycles. The number of carboxylic acid groups (broad SMARTS) is 1.